The van der Waals surface area contributed by atoms with Gasteiger partial charge in [0.05, 0.1) is 25.5 Å². The van der Waals surface area contributed by atoms with Gasteiger partial charge in [-0.05, 0) is 30.3 Å². The van der Waals surface area contributed by atoms with Gasteiger partial charge >= 0.3 is 0 Å². The van der Waals surface area contributed by atoms with Crippen molar-refractivity contribution in [2.45, 2.75) is 17.8 Å². The highest BCUT2D eigenvalue weighted by atomic mass is 32.2. The first kappa shape index (κ1) is 18.0. The van der Waals surface area contributed by atoms with Crippen LogP contribution in [0.5, 0.6) is 0 Å². The van der Waals surface area contributed by atoms with Crippen molar-refractivity contribution in [3.8, 4) is 0 Å². The van der Waals surface area contributed by atoms with Crippen molar-refractivity contribution in [3.63, 3.8) is 0 Å². The fourth-order valence-corrected chi connectivity index (χ4v) is 4.57. The molecule has 136 valence electrons. The Hall–Kier alpha value is -1.81. The van der Waals surface area contributed by atoms with Crippen molar-refractivity contribution in [1.82, 2.24) is 9.37 Å². The first-order valence-corrected chi connectivity index (χ1v) is 9.09. The summed E-state index contributed by atoms with van der Waals surface area (Å²) >= 11 is 0. The number of hydrogen-bond donors (Lipinski definition) is 0. The fourth-order valence-electron chi connectivity index (χ4n) is 2.93. The summed E-state index contributed by atoms with van der Waals surface area (Å²) in [4.78, 5) is 5.31. The van der Waals surface area contributed by atoms with Gasteiger partial charge in [0.15, 0.2) is 0 Å². The smallest absolute Gasteiger partial charge is 0.221 e. The lowest BCUT2D eigenvalue weighted by Crippen LogP contribution is -2.40. The monoisotopic (exact) mass is 372 g/mol. The Labute approximate surface area is 144 Å². The molecule has 1 aliphatic rings. The number of benzene rings is 1. The molecule has 0 amide bonds. The van der Waals surface area contributed by atoms with Gasteiger partial charge in [-0.25, -0.2) is 17.2 Å². The van der Waals surface area contributed by atoms with E-state index in [1.54, 1.807) is 12.1 Å². The third kappa shape index (κ3) is 3.45. The van der Waals surface area contributed by atoms with Gasteiger partial charge in [-0.2, -0.15) is 9.37 Å². The number of sulfonamides is 1. The average Bonchev–Trinajstić information content (AvgIpc) is 3.19. The molecule has 25 heavy (non-hydrogen) atoms. The minimum Gasteiger partial charge on any atom is -0.468 e. The Balaban J connectivity index is 1.92. The van der Waals surface area contributed by atoms with Gasteiger partial charge in [0, 0.05) is 19.7 Å². The molecule has 0 saturated carbocycles. The van der Waals surface area contributed by atoms with Crippen LogP contribution in [0.15, 0.2) is 41.0 Å². The molecular weight excluding hydrogens is 354 g/mol. The van der Waals surface area contributed by atoms with Crippen molar-refractivity contribution < 1.29 is 26.5 Å². The van der Waals surface area contributed by atoms with Crippen LogP contribution < -0.4 is 0 Å². The second kappa shape index (κ2) is 6.83. The molecular formula is C16H18F2N2O4S. The Kier molecular flexibility index (Phi) is 4.92. The average molecular weight is 372 g/mol. The number of hydrogen-bond acceptors (Lipinski definition) is 5. The summed E-state index contributed by atoms with van der Waals surface area (Å²) in [6.45, 7) is -0.115. The standard InChI is InChI=1S/C16H18F2N2O4S/c1-19(9-12-4-3-7-23-12)25(21,22)15-10-24-20(2)16(15)13-8-11(17)5-6-14(13)18/h3-8,15-16H,9-10H2,1-2H3/t15-,16-/m1/s1. The molecule has 2 atom stereocenters. The van der Waals surface area contributed by atoms with E-state index in [0.29, 0.717) is 5.76 Å². The molecule has 0 spiro atoms. The molecule has 0 radical (unpaired) electrons. The van der Waals surface area contributed by atoms with Crippen molar-refractivity contribution in [2.75, 3.05) is 20.7 Å². The number of rotatable bonds is 5. The molecule has 1 aliphatic heterocycles. The van der Waals surface area contributed by atoms with Crippen LogP contribution in [0.4, 0.5) is 8.78 Å². The Morgan fingerprint density at radius 2 is 2.08 bits per heavy atom. The summed E-state index contributed by atoms with van der Waals surface area (Å²) in [6, 6.07) is 5.33. The molecule has 2 aromatic rings. The first-order chi connectivity index (χ1) is 11.8. The molecule has 9 heteroatoms. The van der Waals surface area contributed by atoms with E-state index in [1.807, 2.05) is 0 Å². The molecule has 0 unspecified atom stereocenters. The number of hydroxylamine groups is 2. The van der Waals surface area contributed by atoms with Gasteiger partial charge < -0.3 is 4.42 Å². The van der Waals surface area contributed by atoms with Gasteiger partial charge in [0.2, 0.25) is 10.0 Å². The summed E-state index contributed by atoms with van der Waals surface area (Å²) in [5.41, 5.74) is -0.0556. The largest absolute Gasteiger partial charge is 0.468 e. The van der Waals surface area contributed by atoms with Gasteiger partial charge in [0.1, 0.15) is 22.6 Å². The Bertz CT molecular complexity index is 842. The van der Waals surface area contributed by atoms with Crippen molar-refractivity contribution in [3.05, 3.63) is 59.6 Å². The number of nitrogens with zero attached hydrogens (tertiary/aromatic N) is 2. The van der Waals surface area contributed by atoms with Crippen LogP contribution in [0.25, 0.3) is 0 Å². The topological polar surface area (TPSA) is 63.0 Å². The van der Waals surface area contributed by atoms with E-state index in [9.17, 15) is 17.2 Å². The van der Waals surface area contributed by atoms with Crippen molar-refractivity contribution in [2.24, 2.45) is 0 Å². The van der Waals surface area contributed by atoms with E-state index in [0.717, 1.165) is 22.5 Å². The predicted molar refractivity (Wildman–Crippen MR) is 85.7 cm³/mol. The zero-order valence-electron chi connectivity index (χ0n) is 13.7. The van der Waals surface area contributed by atoms with Crippen molar-refractivity contribution in [1.29, 1.82) is 0 Å². The molecule has 0 aliphatic carbocycles. The highest BCUT2D eigenvalue weighted by Gasteiger charge is 2.46. The maximum atomic E-state index is 14.2. The van der Waals surface area contributed by atoms with Gasteiger partial charge in [-0.3, -0.25) is 4.84 Å². The molecule has 1 aromatic carbocycles. The summed E-state index contributed by atoms with van der Waals surface area (Å²) in [5.74, 6) is -0.846. The number of halogens is 2. The summed E-state index contributed by atoms with van der Waals surface area (Å²) in [6.07, 6.45) is 1.45. The maximum Gasteiger partial charge on any atom is 0.221 e. The molecule has 3 rings (SSSR count). The van der Waals surface area contributed by atoms with E-state index >= 15 is 0 Å². The SMILES string of the molecule is CN1OC[C@@H](S(=O)(=O)N(C)Cc2ccco2)[C@H]1c1cc(F)ccc1F. The molecule has 0 bridgehead atoms. The molecule has 0 N–H and O–H groups in total. The third-order valence-electron chi connectivity index (χ3n) is 4.24. The van der Waals surface area contributed by atoms with Gasteiger partial charge in [0.25, 0.3) is 0 Å². The van der Waals surface area contributed by atoms with E-state index < -0.39 is 32.9 Å². The molecule has 2 heterocycles. The van der Waals surface area contributed by atoms with E-state index in [4.69, 9.17) is 9.25 Å². The van der Waals surface area contributed by atoms with Crippen LogP contribution in [0.3, 0.4) is 0 Å². The van der Waals surface area contributed by atoms with Crippen molar-refractivity contribution >= 4 is 10.0 Å². The Morgan fingerprint density at radius 1 is 1.32 bits per heavy atom. The third-order valence-corrected chi connectivity index (χ3v) is 6.40. The zero-order chi connectivity index (χ0) is 18.2. The second-order valence-electron chi connectivity index (χ2n) is 5.87. The van der Waals surface area contributed by atoms with Crippen LogP contribution in [0, 0.1) is 11.6 Å². The lowest BCUT2D eigenvalue weighted by Gasteiger charge is -2.26. The minimum absolute atomic E-state index is 0.0356. The molecule has 1 saturated heterocycles. The minimum atomic E-state index is -3.86. The first-order valence-electron chi connectivity index (χ1n) is 7.59. The van der Waals surface area contributed by atoms with E-state index in [2.05, 4.69) is 0 Å². The maximum absolute atomic E-state index is 14.2. The summed E-state index contributed by atoms with van der Waals surface area (Å²) in [7, 11) is -0.948. The van der Waals surface area contributed by atoms with E-state index in [-0.39, 0.29) is 18.7 Å². The Morgan fingerprint density at radius 3 is 2.76 bits per heavy atom. The second-order valence-corrected chi connectivity index (χ2v) is 8.13. The summed E-state index contributed by atoms with van der Waals surface area (Å²) in [5, 5.41) is 0.176. The van der Waals surface area contributed by atoms with Crippen LogP contribution in [0.2, 0.25) is 0 Å². The van der Waals surface area contributed by atoms with Crippen LogP contribution in [0.1, 0.15) is 17.4 Å². The molecule has 1 fully saturated rings. The highest BCUT2D eigenvalue weighted by molar-refractivity contribution is 7.89. The number of furan rings is 1. The predicted octanol–water partition coefficient (Wildman–Crippen LogP) is 2.31. The van der Waals surface area contributed by atoms with Crippen LogP contribution in [-0.2, 0) is 21.4 Å². The fraction of sp³-hybridized carbons (Fsp3) is 0.375. The van der Waals surface area contributed by atoms with E-state index in [1.165, 1.54) is 25.4 Å². The highest BCUT2D eigenvalue weighted by Crippen LogP contribution is 2.36. The lowest BCUT2D eigenvalue weighted by molar-refractivity contribution is -0.111. The lowest BCUT2D eigenvalue weighted by atomic mass is 10.0. The quantitative estimate of drug-likeness (QED) is 0.806. The zero-order valence-corrected chi connectivity index (χ0v) is 14.5. The molecule has 6 nitrogen and oxygen atoms in total. The van der Waals surface area contributed by atoms with Crippen LogP contribution >= 0.6 is 0 Å². The van der Waals surface area contributed by atoms with Gasteiger partial charge in [-0.1, -0.05) is 0 Å². The normalized spacial score (nSPS) is 22.0. The molecule has 1 aromatic heterocycles. The van der Waals surface area contributed by atoms with Crippen LogP contribution in [-0.4, -0.2) is 43.7 Å². The summed E-state index contributed by atoms with van der Waals surface area (Å²) < 4.78 is 59.9. The van der Waals surface area contributed by atoms with Gasteiger partial charge in [-0.15, -0.1) is 0 Å².